The first kappa shape index (κ1) is 15.5. The van der Waals surface area contributed by atoms with Crippen LogP contribution >= 0.6 is 11.6 Å². The maximum Gasteiger partial charge on any atom is 0.273 e. The minimum absolute atomic E-state index is 0.0881. The summed E-state index contributed by atoms with van der Waals surface area (Å²) in [5.41, 5.74) is 0.683. The molecule has 6 heteroatoms. The van der Waals surface area contributed by atoms with E-state index in [0.717, 1.165) is 18.6 Å². The van der Waals surface area contributed by atoms with Crippen molar-refractivity contribution in [1.29, 1.82) is 0 Å². The van der Waals surface area contributed by atoms with Gasteiger partial charge in [-0.05, 0) is 37.6 Å². The lowest BCUT2D eigenvalue weighted by atomic mass is 10.1. The molecule has 112 valence electrons. The van der Waals surface area contributed by atoms with Crippen molar-refractivity contribution in [3.05, 3.63) is 63.1 Å². The Bertz CT molecular complexity index is 599. The number of nitrogens with one attached hydrogen (secondary N) is 1. The molecule has 5 nitrogen and oxygen atoms in total. The average Bonchev–Trinajstić information content (AvgIpc) is 2.96. The summed E-state index contributed by atoms with van der Waals surface area (Å²) in [4.78, 5) is 10.6. The molecule has 0 aliphatic heterocycles. The molecule has 0 saturated heterocycles. The zero-order valence-corrected chi connectivity index (χ0v) is 12.5. The number of nitrogens with zero attached hydrogens (tertiary/aromatic N) is 1. The first-order valence-electron chi connectivity index (χ1n) is 6.75. The summed E-state index contributed by atoms with van der Waals surface area (Å²) >= 11 is 5.90. The van der Waals surface area contributed by atoms with Gasteiger partial charge in [0.1, 0.15) is 5.76 Å². The zero-order valence-electron chi connectivity index (χ0n) is 11.7. The van der Waals surface area contributed by atoms with Gasteiger partial charge in [0.25, 0.3) is 5.69 Å². The molecule has 1 aromatic heterocycles. The van der Waals surface area contributed by atoms with E-state index in [4.69, 9.17) is 16.0 Å². The van der Waals surface area contributed by atoms with Gasteiger partial charge in [-0.1, -0.05) is 11.6 Å². The summed E-state index contributed by atoms with van der Waals surface area (Å²) in [6, 6.07) is 8.62. The fourth-order valence-electron chi connectivity index (χ4n) is 2.07. The van der Waals surface area contributed by atoms with Crippen molar-refractivity contribution >= 4 is 17.3 Å². The third-order valence-corrected chi connectivity index (χ3v) is 3.52. The number of hydrogen-bond acceptors (Lipinski definition) is 4. The van der Waals surface area contributed by atoms with Gasteiger partial charge in [-0.2, -0.15) is 0 Å². The van der Waals surface area contributed by atoms with Crippen LogP contribution in [0.3, 0.4) is 0 Å². The highest BCUT2D eigenvalue weighted by Gasteiger charge is 2.14. The number of aryl methyl sites for hydroxylation is 1. The standard InChI is InChI=1S/C15H17ClN2O3/c1-11(4-6-14-3-2-8-21-14)17-10-12-9-13(16)5-7-15(12)18(19)20/h2-3,5,7-9,11,17H,4,6,10H2,1H3. The molecule has 1 unspecified atom stereocenters. The fourth-order valence-corrected chi connectivity index (χ4v) is 2.27. The van der Waals surface area contributed by atoms with E-state index in [1.54, 1.807) is 12.3 Å². The maximum atomic E-state index is 11.0. The van der Waals surface area contributed by atoms with Crippen molar-refractivity contribution in [2.24, 2.45) is 0 Å². The highest BCUT2D eigenvalue weighted by molar-refractivity contribution is 6.30. The van der Waals surface area contributed by atoms with Gasteiger partial charge in [0.2, 0.25) is 0 Å². The third-order valence-electron chi connectivity index (χ3n) is 3.28. The first-order chi connectivity index (χ1) is 10.1. The molecule has 0 fully saturated rings. The van der Waals surface area contributed by atoms with Crippen LogP contribution in [0.15, 0.2) is 41.0 Å². The van der Waals surface area contributed by atoms with Crippen LogP contribution < -0.4 is 5.32 Å². The Hall–Kier alpha value is -1.85. The maximum absolute atomic E-state index is 11.0. The Morgan fingerprint density at radius 3 is 2.90 bits per heavy atom. The van der Waals surface area contributed by atoms with E-state index in [-0.39, 0.29) is 16.7 Å². The monoisotopic (exact) mass is 308 g/mol. The molecule has 21 heavy (non-hydrogen) atoms. The topological polar surface area (TPSA) is 68.3 Å². The molecule has 0 bridgehead atoms. The number of hydrogen-bond donors (Lipinski definition) is 1. The van der Waals surface area contributed by atoms with E-state index in [1.807, 2.05) is 19.1 Å². The highest BCUT2D eigenvalue weighted by Crippen LogP contribution is 2.22. The van der Waals surface area contributed by atoms with Gasteiger partial charge in [0.05, 0.1) is 11.2 Å². The fraction of sp³-hybridized carbons (Fsp3) is 0.333. The van der Waals surface area contributed by atoms with Crippen LogP contribution in [0.2, 0.25) is 5.02 Å². The van der Waals surface area contributed by atoms with E-state index >= 15 is 0 Å². The molecule has 0 saturated carbocycles. The third kappa shape index (κ3) is 4.58. The molecule has 2 rings (SSSR count). The molecule has 0 amide bonds. The second-order valence-electron chi connectivity index (χ2n) is 4.93. The van der Waals surface area contributed by atoms with Crippen LogP contribution in [0.25, 0.3) is 0 Å². The Balaban J connectivity index is 1.90. The molecule has 0 aliphatic carbocycles. The number of rotatable bonds is 7. The Labute approximate surface area is 128 Å². The van der Waals surface area contributed by atoms with Gasteiger partial charge in [0, 0.05) is 35.7 Å². The van der Waals surface area contributed by atoms with Gasteiger partial charge in [-0.15, -0.1) is 0 Å². The molecule has 2 aromatic rings. The van der Waals surface area contributed by atoms with Gasteiger partial charge < -0.3 is 9.73 Å². The van der Waals surface area contributed by atoms with Crippen LogP contribution in [0.1, 0.15) is 24.7 Å². The van der Waals surface area contributed by atoms with E-state index in [2.05, 4.69) is 5.32 Å². The van der Waals surface area contributed by atoms with Crippen molar-refractivity contribution in [1.82, 2.24) is 5.32 Å². The Morgan fingerprint density at radius 1 is 1.43 bits per heavy atom. The summed E-state index contributed by atoms with van der Waals surface area (Å²) in [6.45, 7) is 2.45. The van der Waals surface area contributed by atoms with E-state index in [0.29, 0.717) is 17.1 Å². The molecule has 1 heterocycles. The minimum atomic E-state index is -0.388. The normalized spacial score (nSPS) is 12.3. The molecule has 0 aliphatic rings. The second-order valence-corrected chi connectivity index (χ2v) is 5.37. The zero-order chi connectivity index (χ0) is 15.2. The number of benzene rings is 1. The predicted octanol–water partition coefficient (Wildman–Crippen LogP) is 3.95. The summed E-state index contributed by atoms with van der Waals surface area (Å²) in [5.74, 6) is 0.942. The van der Waals surface area contributed by atoms with Gasteiger partial charge in [0.15, 0.2) is 0 Å². The average molecular weight is 309 g/mol. The lowest BCUT2D eigenvalue weighted by Gasteiger charge is -2.13. The van der Waals surface area contributed by atoms with Crippen LogP contribution in [0, 0.1) is 10.1 Å². The Kier molecular flexibility index (Phi) is 5.36. The lowest BCUT2D eigenvalue weighted by Crippen LogP contribution is -2.26. The smallest absolute Gasteiger partial charge is 0.273 e. The van der Waals surface area contributed by atoms with E-state index < -0.39 is 0 Å². The van der Waals surface area contributed by atoms with Crippen molar-refractivity contribution in [3.63, 3.8) is 0 Å². The molecule has 0 spiro atoms. The molecular weight excluding hydrogens is 292 g/mol. The molecule has 1 aromatic carbocycles. The summed E-state index contributed by atoms with van der Waals surface area (Å²) in [5, 5.41) is 14.8. The number of halogens is 1. The number of furan rings is 1. The molecule has 0 radical (unpaired) electrons. The molecule has 1 atom stereocenters. The minimum Gasteiger partial charge on any atom is -0.469 e. The second kappa shape index (κ2) is 7.24. The molecule has 1 N–H and O–H groups in total. The largest absolute Gasteiger partial charge is 0.469 e. The summed E-state index contributed by atoms with van der Waals surface area (Å²) in [6.07, 6.45) is 3.38. The van der Waals surface area contributed by atoms with Gasteiger partial charge in [-0.3, -0.25) is 10.1 Å². The Morgan fingerprint density at radius 2 is 2.24 bits per heavy atom. The lowest BCUT2D eigenvalue weighted by molar-refractivity contribution is -0.385. The van der Waals surface area contributed by atoms with Crippen LogP contribution in [0.5, 0.6) is 0 Å². The van der Waals surface area contributed by atoms with Crippen LogP contribution in [-0.4, -0.2) is 11.0 Å². The quantitative estimate of drug-likeness (QED) is 0.621. The van der Waals surface area contributed by atoms with Crippen molar-refractivity contribution in [3.8, 4) is 0 Å². The van der Waals surface area contributed by atoms with Gasteiger partial charge >= 0.3 is 0 Å². The number of nitro groups is 1. The van der Waals surface area contributed by atoms with Gasteiger partial charge in [-0.25, -0.2) is 0 Å². The predicted molar refractivity (Wildman–Crippen MR) is 81.4 cm³/mol. The van der Waals surface area contributed by atoms with Crippen LogP contribution in [-0.2, 0) is 13.0 Å². The molecular formula is C15H17ClN2O3. The summed E-state index contributed by atoms with van der Waals surface area (Å²) in [7, 11) is 0. The number of nitro benzene ring substituents is 1. The van der Waals surface area contributed by atoms with Crippen molar-refractivity contribution in [2.45, 2.75) is 32.4 Å². The van der Waals surface area contributed by atoms with E-state index in [1.165, 1.54) is 12.1 Å². The van der Waals surface area contributed by atoms with Crippen LogP contribution in [0.4, 0.5) is 5.69 Å². The highest BCUT2D eigenvalue weighted by atomic mass is 35.5. The SMILES string of the molecule is CC(CCc1ccco1)NCc1cc(Cl)ccc1[N+](=O)[O-]. The van der Waals surface area contributed by atoms with E-state index in [9.17, 15) is 10.1 Å². The summed E-state index contributed by atoms with van der Waals surface area (Å²) < 4.78 is 5.28. The van der Waals surface area contributed by atoms with Crippen molar-refractivity contribution < 1.29 is 9.34 Å². The first-order valence-corrected chi connectivity index (χ1v) is 7.12. The van der Waals surface area contributed by atoms with Crippen molar-refractivity contribution in [2.75, 3.05) is 0 Å².